The van der Waals surface area contributed by atoms with E-state index in [9.17, 15) is 28.4 Å². The number of aromatic hydroxyl groups is 1. The number of hydrogen-bond donors (Lipinski definition) is 2. The minimum Gasteiger partial charge on any atom is -0.508 e. The number of nitro benzene ring substituents is 1. The number of piperazine rings is 1. The maximum atomic E-state index is 12.4. The molecule has 10 heteroatoms. The van der Waals surface area contributed by atoms with E-state index in [1.54, 1.807) is 0 Å². The van der Waals surface area contributed by atoms with Gasteiger partial charge in [-0.3, -0.25) is 15.0 Å². The van der Waals surface area contributed by atoms with E-state index in [1.807, 2.05) is 4.90 Å². The highest BCUT2D eigenvalue weighted by atomic mass is 19.4. The standard InChI is InChI=1S/C18H18F3N3O4/c19-18(20,21)28-14-4-1-12(2-5-14)17(23-9-7-22-8-10-23)15-11-13(25)3-6-16(15)24(26)27/h1-6,11,17,22,25H,7-10H2/t17-/m1/s1. The number of rotatable bonds is 5. The summed E-state index contributed by atoms with van der Waals surface area (Å²) in [5.41, 5.74) is 0.665. The Morgan fingerprint density at radius 3 is 2.36 bits per heavy atom. The van der Waals surface area contributed by atoms with Crippen molar-refractivity contribution in [1.29, 1.82) is 0 Å². The highest BCUT2D eigenvalue weighted by Crippen LogP contribution is 2.37. The first-order chi connectivity index (χ1) is 13.2. The van der Waals surface area contributed by atoms with E-state index in [4.69, 9.17) is 0 Å². The molecule has 1 heterocycles. The zero-order valence-corrected chi connectivity index (χ0v) is 14.6. The van der Waals surface area contributed by atoms with Crippen LogP contribution >= 0.6 is 0 Å². The lowest BCUT2D eigenvalue weighted by atomic mass is 9.94. The summed E-state index contributed by atoms with van der Waals surface area (Å²) in [7, 11) is 0. The molecule has 0 spiro atoms. The van der Waals surface area contributed by atoms with E-state index in [0.29, 0.717) is 31.7 Å². The van der Waals surface area contributed by atoms with E-state index in [1.165, 1.54) is 42.5 Å². The van der Waals surface area contributed by atoms with Gasteiger partial charge in [0.1, 0.15) is 11.5 Å². The van der Waals surface area contributed by atoms with Crippen LogP contribution in [0.15, 0.2) is 42.5 Å². The molecule has 2 aromatic carbocycles. The van der Waals surface area contributed by atoms with Gasteiger partial charge in [-0.15, -0.1) is 13.2 Å². The van der Waals surface area contributed by atoms with E-state index >= 15 is 0 Å². The van der Waals surface area contributed by atoms with Crippen molar-refractivity contribution in [2.24, 2.45) is 0 Å². The van der Waals surface area contributed by atoms with Crippen LogP contribution in [0.25, 0.3) is 0 Å². The van der Waals surface area contributed by atoms with Crippen LogP contribution in [0.3, 0.4) is 0 Å². The number of ether oxygens (including phenoxy) is 1. The van der Waals surface area contributed by atoms with Gasteiger partial charge in [-0.05, 0) is 29.8 Å². The number of benzene rings is 2. The van der Waals surface area contributed by atoms with Crippen LogP contribution in [0.4, 0.5) is 18.9 Å². The number of phenols is 1. The molecular formula is C18H18F3N3O4. The lowest BCUT2D eigenvalue weighted by molar-refractivity contribution is -0.385. The number of nitrogens with one attached hydrogen (secondary N) is 1. The summed E-state index contributed by atoms with van der Waals surface area (Å²) in [4.78, 5) is 13.0. The molecule has 2 N–H and O–H groups in total. The molecule has 1 aliphatic rings. The van der Waals surface area contributed by atoms with Gasteiger partial charge in [0.05, 0.1) is 16.5 Å². The topological polar surface area (TPSA) is 87.9 Å². The maximum Gasteiger partial charge on any atom is 0.573 e. The first-order valence-corrected chi connectivity index (χ1v) is 8.52. The smallest absolute Gasteiger partial charge is 0.508 e. The molecule has 0 bridgehead atoms. The minimum absolute atomic E-state index is 0.127. The molecule has 0 aromatic heterocycles. The van der Waals surface area contributed by atoms with Crippen LogP contribution < -0.4 is 10.1 Å². The molecule has 1 fully saturated rings. The molecule has 0 saturated carbocycles. The molecule has 0 unspecified atom stereocenters. The second-order valence-electron chi connectivity index (χ2n) is 6.31. The highest BCUT2D eigenvalue weighted by Gasteiger charge is 2.32. The molecule has 7 nitrogen and oxygen atoms in total. The fourth-order valence-electron chi connectivity index (χ4n) is 3.31. The summed E-state index contributed by atoms with van der Waals surface area (Å²) in [6.07, 6.45) is -4.80. The molecule has 1 saturated heterocycles. The molecule has 0 radical (unpaired) electrons. The van der Waals surface area contributed by atoms with E-state index in [-0.39, 0.29) is 22.7 Å². The minimum atomic E-state index is -4.80. The summed E-state index contributed by atoms with van der Waals surface area (Å²) in [5.74, 6) is -0.501. The quantitative estimate of drug-likeness (QED) is 0.595. The van der Waals surface area contributed by atoms with Crippen LogP contribution in [0, 0.1) is 10.1 Å². The van der Waals surface area contributed by atoms with Gasteiger partial charge in [-0.2, -0.15) is 0 Å². The first kappa shape index (κ1) is 19.9. The summed E-state index contributed by atoms with van der Waals surface area (Å²) >= 11 is 0. The number of halogens is 3. The predicted molar refractivity (Wildman–Crippen MR) is 94.2 cm³/mol. The third-order valence-corrected chi connectivity index (χ3v) is 4.45. The second-order valence-corrected chi connectivity index (χ2v) is 6.31. The Morgan fingerprint density at radius 1 is 1.14 bits per heavy atom. The van der Waals surface area contributed by atoms with Gasteiger partial charge in [0.15, 0.2) is 0 Å². The summed E-state index contributed by atoms with van der Waals surface area (Å²) in [5, 5.41) is 24.6. The van der Waals surface area contributed by atoms with Crippen molar-refractivity contribution in [2.45, 2.75) is 12.4 Å². The van der Waals surface area contributed by atoms with Crippen molar-refractivity contribution in [3.63, 3.8) is 0 Å². The summed E-state index contributed by atoms with van der Waals surface area (Å²) in [6, 6.07) is 8.42. The SMILES string of the molecule is O=[N+]([O-])c1ccc(O)cc1[C@@H](c1ccc(OC(F)(F)F)cc1)N1CCNCC1. The van der Waals surface area contributed by atoms with E-state index in [2.05, 4.69) is 10.1 Å². The maximum absolute atomic E-state index is 12.4. The van der Waals surface area contributed by atoms with Gasteiger partial charge in [0, 0.05) is 32.2 Å². The van der Waals surface area contributed by atoms with Gasteiger partial charge in [-0.1, -0.05) is 12.1 Å². The number of hydrogen-bond acceptors (Lipinski definition) is 6. The molecule has 1 aliphatic heterocycles. The van der Waals surface area contributed by atoms with E-state index < -0.39 is 17.3 Å². The zero-order valence-electron chi connectivity index (χ0n) is 14.6. The highest BCUT2D eigenvalue weighted by molar-refractivity contribution is 5.50. The van der Waals surface area contributed by atoms with Gasteiger partial charge in [0.2, 0.25) is 0 Å². The Hall–Kier alpha value is -2.85. The second kappa shape index (κ2) is 8.03. The average Bonchev–Trinajstić information content (AvgIpc) is 2.63. The Morgan fingerprint density at radius 2 is 1.79 bits per heavy atom. The van der Waals surface area contributed by atoms with Crippen molar-refractivity contribution in [2.75, 3.05) is 26.2 Å². The van der Waals surface area contributed by atoms with Crippen molar-refractivity contribution < 1.29 is 27.9 Å². The van der Waals surface area contributed by atoms with Crippen molar-refractivity contribution >= 4 is 5.69 Å². The van der Waals surface area contributed by atoms with E-state index in [0.717, 1.165) is 0 Å². The van der Waals surface area contributed by atoms with Gasteiger partial charge in [0.25, 0.3) is 5.69 Å². The van der Waals surface area contributed by atoms with Crippen LogP contribution in [0.2, 0.25) is 0 Å². The largest absolute Gasteiger partial charge is 0.573 e. The van der Waals surface area contributed by atoms with Crippen molar-refractivity contribution in [3.8, 4) is 11.5 Å². The molecular weight excluding hydrogens is 379 g/mol. The van der Waals surface area contributed by atoms with Crippen molar-refractivity contribution in [1.82, 2.24) is 10.2 Å². The fourth-order valence-corrected chi connectivity index (χ4v) is 3.31. The number of phenolic OH excluding ortho intramolecular Hbond substituents is 1. The van der Waals surface area contributed by atoms with Crippen LogP contribution in [0.1, 0.15) is 17.2 Å². The molecule has 2 aromatic rings. The first-order valence-electron chi connectivity index (χ1n) is 8.52. The van der Waals surface area contributed by atoms with Crippen LogP contribution in [-0.2, 0) is 0 Å². The third kappa shape index (κ3) is 4.70. The fraction of sp³-hybridized carbons (Fsp3) is 0.333. The summed E-state index contributed by atoms with van der Waals surface area (Å²) < 4.78 is 41.1. The van der Waals surface area contributed by atoms with Gasteiger partial charge in [-0.25, -0.2) is 0 Å². The Bertz CT molecular complexity index is 837. The van der Waals surface area contributed by atoms with Gasteiger partial charge < -0.3 is 15.2 Å². The van der Waals surface area contributed by atoms with Gasteiger partial charge >= 0.3 is 6.36 Å². The summed E-state index contributed by atoms with van der Waals surface area (Å²) in [6.45, 7) is 2.49. The van der Waals surface area contributed by atoms with Crippen molar-refractivity contribution in [3.05, 3.63) is 63.7 Å². The molecule has 150 valence electrons. The molecule has 1 atom stereocenters. The van der Waals surface area contributed by atoms with Crippen LogP contribution in [0.5, 0.6) is 11.5 Å². The normalized spacial score (nSPS) is 16.5. The predicted octanol–water partition coefficient (Wildman–Crippen LogP) is 3.19. The number of alkyl halides is 3. The number of nitro groups is 1. The third-order valence-electron chi connectivity index (χ3n) is 4.45. The molecule has 3 rings (SSSR count). The Balaban J connectivity index is 2.03. The monoisotopic (exact) mass is 397 g/mol. The molecule has 0 aliphatic carbocycles. The molecule has 28 heavy (non-hydrogen) atoms. The van der Waals surface area contributed by atoms with Crippen LogP contribution in [-0.4, -0.2) is 47.5 Å². The zero-order chi connectivity index (χ0) is 20.3. The lowest BCUT2D eigenvalue weighted by Gasteiger charge is -2.35. The Labute approximate surface area is 158 Å². The molecule has 0 amide bonds. The Kier molecular flexibility index (Phi) is 5.71. The average molecular weight is 397 g/mol. The lowest BCUT2D eigenvalue weighted by Crippen LogP contribution is -2.45. The number of nitrogens with zero attached hydrogens (tertiary/aromatic N) is 2.